The van der Waals surface area contributed by atoms with Gasteiger partial charge in [0.2, 0.25) is 5.60 Å². The number of hydrogen-bond acceptors (Lipinski definition) is 4. The van der Waals surface area contributed by atoms with Crippen LogP contribution in [0.5, 0.6) is 0 Å². The number of aliphatic hydroxyl groups is 2. The van der Waals surface area contributed by atoms with Crippen molar-refractivity contribution in [3.63, 3.8) is 0 Å². The summed E-state index contributed by atoms with van der Waals surface area (Å²) in [6.07, 6.45) is 8.91. The maximum absolute atomic E-state index is 12.8. The molecule has 2 aliphatic carbocycles. The van der Waals surface area contributed by atoms with E-state index in [0.29, 0.717) is 0 Å². The van der Waals surface area contributed by atoms with E-state index in [-0.39, 0.29) is 21.2 Å². The average Bonchev–Trinajstić information content (AvgIpc) is 2.99. The number of esters is 1. The van der Waals surface area contributed by atoms with E-state index in [4.69, 9.17) is 51.1 Å². The summed E-state index contributed by atoms with van der Waals surface area (Å²) in [5.41, 5.74) is -6.38. The first kappa shape index (κ1) is 20.0. The van der Waals surface area contributed by atoms with Gasteiger partial charge in [-0.25, -0.2) is 4.79 Å². The first-order chi connectivity index (χ1) is 13.2. The van der Waals surface area contributed by atoms with Gasteiger partial charge in [-0.2, -0.15) is 0 Å². The van der Waals surface area contributed by atoms with Gasteiger partial charge in [0.05, 0.1) is 26.4 Å². The van der Waals surface area contributed by atoms with E-state index in [0.717, 1.165) is 0 Å². The minimum atomic E-state index is -2.26. The molecule has 0 fully saturated rings. The number of rotatable bonds is 2. The van der Waals surface area contributed by atoms with Crippen molar-refractivity contribution in [3.05, 3.63) is 81.9 Å². The van der Waals surface area contributed by atoms with Gasteiger partial charge < -0.3 is 14.9 Å². The molecule has 4 rings (SSSR count). The number of halogens is 4. The van der Waals surface area contributed by atoms with E-state index in [1.54, 1.807) is 30.4 Å². The Bertz CT molecular complexity index is 936. The highest BCUT2D eigenvalue weighted by Gasteiger charge is 2.75. The van der Waals surface area contributed by atoms with Gasteiger partial charge in [-0.3, -0.25) is 0 Å². The molecular formula is C20H14Cl4O4. The molecule has 0 radical (unpaired) electrons. The summed E-state index contributed by atoms with van der Waals surface area (Å²) >= 11 is 25.8. The lowest BCUT2D eigenvalue weighted by Gasteiger charge is -2.55. The van der Waals surface area contributed by atoms with Gasteiger partial charge in [0.25, 0.3) is 0 Å². The van der Waals surface area contributed by atoms with Crippen molar-refractivity contribution in [2.45, 2.75) is 27.6 Å². The van der Waals surface area contributed by atoms with Crippen molar-refractivity contribution >= 4 is 52.4 Å². The Morgan fingerprint density at radius 1 is 0.893 bits per heavy atom. The number of cyclic esters (lactones) is 1. The molecule has 1 aromatic rings. The zero-order chi connectivity index (χ0) is 20.3. The van der Waals surface area contributed by atoms with Crippen LogP contribution in [0.2, 0.25) is 0 Å². The summed E-state index contributed by atoms with van der Waals surface area (Å²) in [4.78, 5) is 12.8. The van der Waals surface area contributed by atoms with Crippen molar-refractivity contribution in [1.82, 2.24) is 0 Å². The quantitative estimate of drug-likeness (QED) is 0.515. The van der Waals surface area contributed by atoms with E-state index in [2.05, 4.69) is 0 Å². The lowest BCUT2D eigenvalue weighted by Crippen LogP contribution is -2.72. The van der Waals surface area contributed by atoms with Gasteiger partial charge in [0.1, 0.15) is 0 Å². The lowest BCUT2D eigenvalue weighted by atomic mass is 9.62. The van der Waals surface area contributed by atoms with Crippen molar-refractivity contribution in [2.24, 2.45) is 0 Å². The molecule has 0 saturated heterocycles. The SMILES string of the molecule is O=C1OC(C2(O)C(Cl)=CC=CC2Cl)(C2(O)C(Cl)=CC=CC2Cl)c2ccccc21. The zero-order valence-electron chi connectivity index (χ0n) is 14.2. The van der Waals surface area contributed by atoms with Gasteiger partial charge in [-0.1, -0.05) is 65.7 Å². The second-order valence-corrected chi connectivity index (χ2v) is 8.51. The van der Waals surface area contributed by atoms with Crippen LogP contribution in [0.1, 0.15) is 15.9 Å². The maximum atomic E-state index is 12.8. The second kappa shape index (κ2) is 6.63. The van der Waals surface area contributed by atoms with Gasteiger partial charge in [0, 0.05) is 5.56 Å². The van der Waals surface area contributed by atoms with E-state index in [1.165, 1.54) is 30.4 Å². The molecule has 0 spiro atoms. The molecule has 8 heteroatoms. The van der Waals surface area contributed by atoms with E-state index >= 15 is 0 Å². The average molecular weight is 460 g/mol. The number of allylic oxidation sites excluding steroid dienone is 4. The molecule has 0 aromatic heterocycles. The third kappa shape index (κ3) is 2.25. The summed E-state index contributed by atoms with van der Waals surface area (Å²) in [6.45, 7) is 0. The van der Waals surface area contributed by atoms with Crippen molar-refractivity contribution in [3.8, 4) is 0 Å². The number of alkyl halides is 2. The summed E-state index contributed by atoms with van der Waals surface area (Å²) in [5, 5.41) is 21.2. The van der Waals surface area contributed by atoms with Crippen LogP contribution in [-0.4, -0.2) is 38.1 Å². The minimum absolute atomic E-state index is 0.129. The fourth-order valence-corrected chi connectivity index (χ4v) is 5.54. The van der Waals surface area contributed by atoms with Gasteiger partial charge in [-0.15, -0.1) is 23.2 Å². The van der Waals surface area contributed by atoms with Crippen molar-refractivity contribution in [2.75, 3.05) is 0 Å². The molecule has 2 N–H and O–H groups in total. The molecular weight excluding hydrogens is 446 g/mol. The summed E-state index contributed by atoms with van der Waals surface area (Å²) < 4.78 is 5.76. The number of carbonyl (C=O) groups is 1. The number of hydrogen-bond donors (Lipinski definition) is 2. The summed E-state index contributed by atoms with van der Waals surface area (Å²) in [6, 6.07) is 6.35. The Hall–Kier alpha value is -1.27. The molecule has 3 aliphatic rings. The molecule has 0 bridgehead atoms. The van der Waals surface area contributed by atoms with Crippen LogP contribution in [0.15, 0.2) is 70.8 Å². The number of fused-ring (bicyclic) bond motifs is 1. The molecule has 4 nitrogen and oxygen atoms in total. The first-order valence-electron chi connectivity index (χ1n) is 8.36. The molecule has 1 aromatic carbocycles. The molecule has 146 valence electrons. The van der Waals surface area contributed by atoms with E-state index in [9.17, 15) is 15.0 Å². The predicted molar refractivity (Wildman–Crippen MR) is 109 cm³/mol. The van der Waals surface area contributed by atoms with Crippen LogP contribution >= 0.6 is 46.4 Å². The van der Waals surface area contributed by atoms with E-state index < -0.39 is 33.5 Å². The van der Waals surface area contributed by atoms with Crippen LogP contribution in [-0.2, 0) is 10.3 Å². The fourth-order valence-electron chi connectivity index (χ4n) is 4.07. The predicted octanol–water partition coefficient (Wildman–Crippen LogP) is 4.11. The summed E-state index contributed by atoms with van der Waals surface area (Å²) in [7, 11) is 0. The largest absolute Gasteiger partial charge is 0.443 e. The molecule has 4 atom stereocenters. The topological polar surface area (TPSA) is 66.8 Å². The molecule has 28 heavy (non-hydrogen) atoms. The monoisotopic (exact) mass is 458 g/mol. The van der Waals surface area contributed by atoms with Crippen LogP contribution < -0.4 is 0 Å². The molecule has 1 aliphatic heterocycles. The first-order valence-corrected chi connectivity index (χ1v) is 9.98. The van der Waals surface area contributed by atoms with Crippen LogP contribution in [0.25, 0.3) is 0 Å². The van der Waals surface area contributed by atoms with Gasteiger partial charge in [0.15, 0.2) is 11.2 Å². The number of carbonyl (C=O) groups excluding carboxylic acids is 1. The zero-order valence-corrected chi connectivity index (χ0v) is 17.2. The molecule has 0 saturated carbocycles. The highest BCUT2D eigenvalue weighted by atomic mass is 35.5. The normalized spacial score (nSPS) is 39.3. The summed E-state index contributed by atoms with van der Waals surface area (Å²) in [5.74, 6) is -0.761. The Kier molecular flexibility index (Phi) is 4.74. The van der Waals surface area contributed by atoms with Crippen LogP contribution in [0.4, 0.5) is 0 Å². The Morgan fingerprint density at radius 3 is 1.89 bits per heavy atom. The van der Waals surface area contributed by atoms with Gasteiger partial charge in [-0.05, 0) is 18.2 Å². The van der Waals surface area contributed by atoms with Crippen molar-refractivity contribution in [1.29, 1.82) is 0 Å². The standard InChI is InChI=1S/C20H14Cl4O4/c21-13-7-3-8-14(22)18(13,26)20(19(27)15(23)9-4-10-16(19)24)12-6-2-1-5-11(12)17(25)28-20/h1-10,13,15,26-27H. The third-order valence-corrected chi connectivity index (χ3v) is 7.17. The van der Waals surface area contributed by atoms with Gasteiger partial charge >= 0.3 is 5.97 Å². The van der Waals surface area contributed by atoms with Crippen LogP contribution in [0.3, 0.4) is 0 Å². The van der Waals surface area contributed by atoms with E-state index in [1.807, 2.05) is 0 Å². The number of ether oxygens (including phenoxy) is 1. The highest BCUT2D eigenvalue weighted by Crippen LogP contribution is 2.61. The smallest absolute Gasteiger partial charge is 0.339 e. The third-order valence-electron chi connectivity index (χ3n) is 5.42. The Balaban J connectivity index is 2.13. The lowest BCUT2D eigenvalue weighted by molar-refractivity contribution is -0.212. The highest BCUT2D eigenvalue weighted by molar-refractivity contribution is 6.35. The van der Waals surface area contributed by atoms with Crippen LogP contribution in [0, 0.1) is 0 Å². The fraction of sp³-hybridized carbons (Fsp3) is 0.250. The second-order valence-electron chi connectivity index (χ2n) is 6.75. The molecule has 4 unspecified atom stereocenters. The Labute approximate surface area is 181 Å². The molecule has 1 heterocycles. The molecule has 0 amide bonds. The Morgan fingerprint density at radius 2 is 1.39 bits per heavy atom. The number of benzene rings is 1. The maximum Gasteiger partial charge on any atom is 0.339 e. The van der Waals surface area contributed by atoms with Crippen molar-refractivity contribution < 1.29 is 19.7 Å². The minimum Gasteiger partial charge on any atom is -0.443 e.